The van der Waals surface area contributed by atoms with Crippen molar-refractivity contribution in [2.45, 2.75) is 17.6 Å². The van der Waals surface area contributed by atoms with Crippen molar-refractivity contribution in [2.75, 3.05) is 12.9 Å². The van der Waals surface area contributed by atoms with Crippen LogP contribution in [0.4, 0.5) is 0 Å². The summed E-state index contributed by atoms with van der Waals surface area (Å²) < 4.78 is 4.57. The molecule has 7 heteroatoms. The average Bonchev–Trinajstić information content (AvgIpc) is 2.93. The van der Waals surface area contributed by atoms with Crippen LogP contribution in [0.3, 0.4) is 0 Å². The third-order valence-corrected chi connectivity index (χ3v) is 3.49. The van der Waals surface area contributed by atoms with Gasteiger partial charge >= 0.3 is 5.97 Å². The summed E-state index contributed by atoms with van der Waals surface area (Å²) in [5.74, 6) is 0.142. The molecule has 1 atom stereocenters. The molecular formula is C12H11N3O3S. The third-order valence-electron chi connectivity index (χ3n) is 2.44. The van der Waals surface area contributed by atoms with Gasteiger partial charge < -0.3 is 9.57 Å². The zero-order valence-electron chi connectivity index (χ0n) is 10.2. The Labute approximate surface area is 114 Å². The van der Waals surface area contributed by atoms with Crippen LogP contribution in [-0.4, -0.2) is 35.6 Å². The number of esters is 1. The number of pyridine rings is 1. The minimum atomic E-state index is -0.461. The lowest BCUT2D eigenvalue weighted by Gasteiger charge is -2.06. The number of aromatic nitrogens is 1. The Bertz CT molecular complexity index is 553. The van der Waals surface area contributed by atoms with Crippen molar-refractivity contribution in [3.8, 4) is 6.07 Å². The predicted octanol–water partition coefficient (Wildman–Crippen LogP) is 1.36. The molecule has 6 nitrogen and oxygen atoms in total. The number of nitriles is 1. The highest BCUT2D eigenvalue weighted by molar-refractivity contribution is 7.99. The van der Waals surface area contributed by atoms with Crippen molar-refractivity contribution in [3.05, 3.63) is 23.9 Å². The van der Waals surface area contributed by atoms with Gasteiger partial charge in [0.2, 0.25) is 0 Å². The standard InChI is InChI=1S/C12H11N3O3S/c1-17-12(16)10-5-9(18-15-10)7-19-11-4-8(6-13)2-3-14-11/h2-4,9H,5,7H2,1H3/t9-/m0/s1. The van der Waals surface area contributed by atoms with Crippen LogP contribution in [0.2, 0.25) is 0 Å². The fourth-order valence-electron chi connectivity index (χ4n) is 1.49. The van der Waals surface area contributed by atoms with E-state index in [1.165, 1.54) is 18.9 Å². The minimum absolute atomic E-state index is 0.174. The molecule has 1 aliphatic rings. The molecule has 0 radical (unpaired) electrons. The fourth-order valence-corrected chi connectivity index (χ4v) is 2.37. The number of hydrogen-bond donors (Lipinski definition) is 0. The second kappa shape index (κ2) is 6.20. The van der Waals surface area contributed by atoms with Gasteiger partial charge in [0.05, 0.1) is 23.8 Å². The Kier molecular flexibility index (Phi) is 4.36. The van der Waals surface area contributed by atoms with Gasteiger partial charge in [-0.25, -0.2) is 9.78 Å². The number of ether oxygens (including phenoxy) is 1. The van der Waals surface area contributed by atoms with Crippen LogP contribution in [0, 0.1) is 11.3 Å². The zero-order chi connectivity index (χ0) is 13.7. The van der Waals surface area contributed by atoms with E-state index in [0.29, 0.717) is 23.4 Å². The Morgan fingerprint density at radius 3 is 3.32 bits per heavy atom. The summed E-state index contributed by atoms with van der Waals surface area (Å²) >= 11 is 1.46. The van der Waals surface area contributed by atoms with Gasteiger partial charge in [-0.05, 0) is 12.1 Å². The average molecular weight is 277 g/mol. The van der Waals surface area contributed by atoms with Gasteiger partial charge in [-0.3, -0.25) is 0 Å². The first-order valence-corrected chi connectivity index (χ1v) is 6.51. The summed E-state index contributed by atoms with van der Waals surface area (Å²) in [6.45, 7) is 0. The molecule has 1 aliphatic heterocycles. The van der Waals surface area contributed by atoms with E-state index >= 15 is 0 Å². The Morgan fingerprint density at radius 2 is 2.58 bits per heavy atom. The maximum Gasteiger partial charge on any atom is 0.355 e. The molecule has 0 saturated carbocycles. The van der Waals surface area contributed by atoms with Gasteiger partial charge in [-0.1, -0.05) is 5.16 Å². The smallest absolute Gasteiger partial charge is 0.355 e. The third kappa shape index (κ3) is 3.45. The number of thioether (sulfide) groups is 1. The van der Waals surface area contributed by atoms with E-state index in [1.807, 2.05) is 0 Å². The maximum atomic E-state index is 11.2. The summed E-state index contributed by atoms with van der Waals surface area (Å²) in [5.41, 5.74) is 0.864. The van der Waals surface area contributed by atoms with Crippen LogP contribution < -0.4 is 0 Å². The molecule has 19 heavy (non-hydrogen) atoms. The molecule has 98 valence electrons. The monoisotopic (exact) mass is 277 g/mol. The van der Waals surface area contributed by atoms with Crippen LogP contribution in [0.1, 0.15) is 12.0 Å². The normalized spacial score (nSPS) is 17.3. The van der Waals surface area contributed by atoms with Crippen LogP contribution in [0.5, 0.6) is 0 Å². The van der Waals surface area contributed by atoms with Crippen molar-refractivity contribution in [1.29, 1.82) is 5.26 Å². The van der Waals surface area contributed by atoms with E-state index in [4.69, 9.17) is 10.1 Å². The zero-order valence-corrected chi connectivity index (χ0v) is 11.0. The van der Waals surface area contributed by atoms with Gasteiger partial charge in [-0.15, -0.1) is 11.8 Å². The second-order valence-corrected chi connectivity index (χ2v) is 4.81. The van der Waals surface area contributed by atoms with E-state index in [-0.39, 0.29) is 6.10 Å². The van der Waals surface area contributed by atoms with Crippen molar-refractivity contribution in [1.82, 2.24) is 4.98 Å². The quantitative estimate of drug-likeness (QED) is 0.610. The second-order valence-electron chi connectivity index (χ2n) is 3.77. The lowest BCUT2D eigenvalue weighted by molar-refractivity contribution is -0.132. The van der Waals surface area contributed by atoms with Crippen LogP contribution in [0.15, 0.2) is 28.5 Å². The summed E-state index contributed by atoms with van der Waals surface area (Å²) in [6.07, 6.45) is 1.84. The highest BCUT2D eigenvalue weighted by Crippen LogP contribution is 2.22. The molecule has 0 aromatic carbocycles. The van der Waals surface area contributed by atoms with Crippen LogP contribution in [-0.2, 0) is 14.4 Å². The molecule has 0 aliphatic carbocycles. The number of hydrogen-bond acceptors (Lipinski definition) is 7. The lowest BCUT2D eigenvalue weighted by atomic mass is 10.2. The SMILES string of the molecule is COC(=O)C1=NO[C@H](CSc2cc(C#N)ccn2)C1. The largest absolute Gasteiger partial charge is 0.464 e. The lowest BCUT2D eigenvalue weighted by Crippen LogP contribution is -2.17. The minimum Gasteiger partial charge on any atom is -0.464 e. The van der Waals surface area contributed by atoms with Crippen LogP contribution >= 0.6 is 11.8 Å². The van der Waals surface area contributed by atoms with Gasteiger partial charge in [0.25, 0.3) is 0 Å². The number of rotatable bonds is 4. The molecular weight excluding hydrogens is 266 g/mol. The van der Waals surface area contributed by atoms with Crippen molar-refractivity contribution < 1.29 is 14.4 Å². The summed E-state index contributed by atoms with van der Waals surface area (Å²) in [5, 5.41) is 13.2. The first kappa shape index (κ1) is 13.4. The van der Waals surface area contributed by atoms with Crippen molar-refractivity contribution in [3.63, 3.8) is 0 Å². The van der Waals surface area contributed by atoms with Crippen molar-refractivity contribution >= 4 is 23.4 Å². The number of carbonyl (C=O) groups is 1. The summed E-state index contributed by atoms with van der Waals surface area (Å²) in [6, 6.07) is 5.41. The number of methoxy groups -OCH3 is 1. The van der Waals surface area contributed by atoms with Crippen molar-refractivity contribution in [2.24, 2.45) is 5.16 Å². The molecule has 0 saturated heterocycles. The first-order chi connectivity index (χ1) is 9.22. The maximum absolute atomic E-state index is 11.2. The molecule has 2 rings (SSSR count). The number of carbonyl (C=O) groups excluding carboxylic acids is 1. The predicted molar refractivity (Wildman–Crippen MR) is 68.6 cm³/mol. The Hall–Kier alpha value is -2.07. The topological polar surface area (TPSA) is 84.6 Å². The Morgan fingerprint density at radius 1 is 1.74 bits per heavy atom. The van der Waals surface area contributed by atoms with E-state index in [9.17, 15) is 4.79 Å². The van der Waals surface area contributed by atoms with Gasteiger partial charge in [-0.2, -0.15) is 5.26 Å². The molecule has 0 bridgehead atoms. The number of nitrogens with zero attached hydrogens (tertiary/aromatic N) is 3. The first-order valence-electron chi connectivity index (χ1n) is 5.53. The van der Waals surface area contributed by atoms with Gasteiger partial charge in [0.1, 0.15) is 6.10 Å². The molecule has 0 unspecified atom stereocenters. The molecule has 1 aromatic heterocycles. The van der Waals surface area contributed by atoms with Gasteiger partial charge in [0, 0.05) is 18.4 Å². The molecule has 1 aromatic rings. The molecule has 0 fully saturated rings. The van der Waals surface area contributed by atoms with Crippen LogP contribution in [0.25, 0.3) is 0 Å². The van der Waals surface area contributed by atoms with Gasteiger partial charge in [0.15, 0.2) is 5.71 Å². The van der Waals surface area contributed by atoms with E-state index in [0.717, 1.165) is 5.03 Å². The van der Waals surface area contributed by atoms with E-state index in [2.05, 4.69) is 20.9 Å². The number of oxime groups is 1. The summed E-state index contributed by atoms with van der Waals surface area (Å²) in [4.78, 5) is 20.5. The van der Waals surface area contributed by atoms with E-state index in [1.54, 1.807) is 18.3 Å². The molecule has 0 spiro atoms. The fraction of sp³-hybridized carbons (Fsp3) is 0.333. The van der Waals surface area contributed by atoms with E-state index < -0.39 is 5.97 Å². The Balaban J connectivity index is 1.85. The highest BCUT2D eigenvalue weighted by atomic mass is 32.2. The molecule has 0 N–H and O–H groups in total. The summed E-state index contributed by atoms with van der Waals surface area (Å²) in [7, 11) is 1.31. The molecule has 0 amide bonds. The highest BCUT2D eigenvalue weighted by Gasteiger charge is 2.26. The molecule has 2 heterocycles.